The minimum absolute atomic E-state index is 0.0241. The summed E-state index contributed by atoms with van der Waals surface area (Å²) in [6.45, 7) is 6.23. The van der Waals surface area contributed by atoms with Crippen LogP contribution >= 0.6 is 0 Å². The molecule has 4 heterocycles. The highest BCUT2D eigenvalue weighted by atomic mass is 16.8. The number of terminal acetylenes is 1. The van der Waals surface area contributed by atoms with Crippen LogP contribution in [-0.2, 0) is 54.0 Å². The molecule has 11 atom stereocenters. The molecule has 232 valence electrons. The summed E-state index contributed by atoms with van der Waals surface area (Å²) in [6, 6.07) is 19.7. The molecule has 4 saturated heterocycles. The quantitative estimate of drug-likeness (QED) is 0.399. The van der Waals surface area contributed by atoms with Crippen LogP contribution < -0.4 is 0 Å². The molecule has 0 spiro atoms. The van der Waals surface area contributed by atoms with Crippen molar-refractivity contribution >= 4 is 0 Å². The molecule has 0 N–H and O–H groups in total. The average molecular weight is 597 g/mol. The molecule has 0 amide bonds. The summed E-state index contributed by atoms with van der Waals surface area (Å²) in [4.78, 5) is 0. The van der Waals surface area contributed by atoms with E-state index in [1.807, 2.05) is 81.4 Å². The third-order valence-corrected chi connectivity index (χ3v) is 8.09. The molecule has 0 unspecified atom stereocenters. The van der Waals surface area contributed by atoms with Gasteiger partial charge in [-0.15, -0.1) is 6.42 Å². The molecule has 0 radical (unpaired) electrons. The Balaban J connectivity index is 1.28. The molecule has 10 heteroatoms. The fourth-order valence-electron chi connectivity index (χ4n) is 6.16. The Bertz CT molecular complexity index is 1220. The van der Waals surface area contributed by atoms with Crippen molar-refractivity contribution in [3.8, 4) is 12.3 Å². The van der Waals surface area contributed by atoms with Crippen LogP contribution in [0.5, 0.6) is 0 Å². The molecule has 10 nitrogen and oxygen atoms in total. The summed E-state index contributed by atoms with van der Waals surface area (Å²) in [5.74, 6) is 1.72. The molecule has 0 aromatic heterocycles. The second-order valence-corrected chi connectivity index (χ2v) is 11.6. The Morgan fingerprint density at radius 1 is 0.837 bits per heavy atom. The van der Waals surface area contributed by atoms with Crippen LogP contribution in [0.4, 0.5) is 0 Å². The Morgan fingerprint density at radius 3 is 2.28 bits per heavy atom. The van der Waals surface area contributed by atoms with Crippen LogP contribution in [0.15, 0.2) is 60.7 Å². The van der Waals surface area contributed by atoms with Gasteiger partial charge in [-0.1, -0.05) is 66.6 Å². The van der Waals surface area contributed by atoms with Crippen LogP contribution in [-0.4, -0.2) is 87.5 Å². The zero-order valence-corrected chi connectivity index (χ0v) is 24.9. The minimum Gasteiger partial charge on any atom is -0.368 e. The Kier molecular flexibility index (Phi) is 9.47. The van der Waals surface area contributed by atoms with Crippen molar-refractivity contribution in [3.05, 3.63) is 71.8 Å². The SMILES string of the molecule is C#CCO[C@@H]1[C@H](O[C@@H]2[C@H]3OC(C)(C)O[C@H]3[C@H](OC)O[C@H]2C)O[C@@H]2CO[C@@H](c3ccccc3)O[C@H]2[C@@H]1OCc1ccccc1. The first-order valence-electron chi connectivity index (χ1n) is 14.7. The van der Waals surface area contributed by atoms with E-state index in [2.05, 4.69) is 5.92 Å². The van der Waals surface area contributed by atoms with E-state index in [0.717, 1.165) is 11.1 Å². The topological polar surface area (TPSA) is 92.3 Å². The van der Waals surface area contributed by atoms with Gasteiger partial charge >= 0.3 is 0 Å². The number of hydrogen-bond acceptors (Lipinski definition) is 10. The molecule has 43 heavy (non-hydrogen) atoms. The van der Waals surface area contributed by atoms with E-state index >= 15 is 0 Å². The van der Waals surface area contributed by atoms with Crippen LogP contribution in [0.3, 0.4) is 0 Å². The molecule has 0 aliphatic carbocycles. The van der Waals surface area contributed by atoms with Gasteiger partial charge in [0, 0.05) is 12.7 Å². The van der Waals surface area contributed by atoms with E-state index < -0.39 is 73.5 Å². The first kappa shape index (κ1) is 30.6. The summed E-state index contributed by atoms with van der Waals surface area (Å²) in [6.07, 6.45) is -0.801. The predicted molar refractivity (Wildman–Crippen MR) is 152 cm³/mol. The lowest BCUT2D eigenvalue weighted by Gasteiger charge is -2.50. The number of rotatable bonds is 9. The molecule has 4 fully saturated rings. The van der Waals surface area contributed by atoms with Gasteiger partial charge in [-0.05, 0) is 26.3 Å². The molecule has 2 aromatic rings. The fraction of sp³-hybridized carbons (Fsp3) is 0.576. The highest BCUT2D eigenvalue weighted by molar-refractivity contribution is 5.17. The second kappa shape index (κ2) is 13.3. The van der Waals surface area contributed by atoms with Gasteiger partial charge in [0.25, 0.3) is 0 Å². The average Bonchev–Trinajstić information content (AvgIpc) is 3.36. The maximum absolute atomic E-state index is 6.70. The zero-order chi connectivity index (χ0) is 30.0. The van der Waals surface area contributed by atoms with Crippen molar-refractivity contribution in [3.63, 3.8) is 0 Å². The maximum atomic E-state index is 6.70. The second-order valence-electron chi connectivity index (χ2n) is 11.6. The molecular weight excluding hydrogens is 556 g/mol. The summed E-state index contributed by atoms with van der Waals surface area (Å²) in [5.41, 5.74) is 1.90. The summed E-state index contributed by atoms with van der Waals surface area (Å²) in [7, 11) is 1.58. The van der Waals surface area contributed by atoms with Crippen molar-refractivity contribution in [2.75, 3.05) is 20.3 Å². The smallest absolute Gasteiger partial charge is 0.187 e. The lowest BCUT2D eigenvalue weighted by Crippen LogP contribution is -2.66. The zero-order valence-electron chi connectivity index (χ0n) is 24.9. The van der Waals surface area contributed by atoms with E-state index in [1.165, 1.54) is 0 Å². The van der Waals surface area contributed by atoms with Crippen LogP contribution in [0.2, 0.25) is 0 Å². The van der Waals surface area contributed by atoms with E-state index in [0.29, 0.717) is 6.61 Å². The van der Waals surface area contributed by atoms with E-state index in [9.17, 15) is 0 Å². The lowest BCUT2D eigenvalue weighted by atomic mass is 9.96. The number of benzene rings is 2. The molecular formula is C33H40O10. The molecule has 2 aromatic carbocycles. The summed E-state index contributed by atoms with van der Waals surface area (Å²) in [5, 5.41) is 0. The van der Waals surface area contributed by atoms with Crippen molar-refractivity contribution < 1.29 is 47.4 Å². The van der Waals surface area contributed by atoms with Crippen molar-refractivity contribution in [1.29, 1.82) is 0 Å². The van der Waals surface area contributed by atoms with E-state index in [1.54, 1.807) is 7.11 Å². The van der Waals surface area contributed by atoms with Crippen LogP contribution in [0, 0.1) is 12.3 Å². The normalized spacial score (nSPS) is 38.5. The molecule has 4 aliphatic heterocycles. The van der Waals surface area contributed by atoms with Gasteiger partial charge < -0.3 is 47.4 Å². The Hall–Kier alpha value is -2.40. The van der Waals surface area contributed by atoms with Gasteiger partial charge in [-0.3, -0.25) is 0 Å². The van der Waals surface area contributed by atoms with Gasteiger partial charge in [-0.2, -0.15) is 0 Å². The number of hydrogen-bond donors (Lipinski definition) is 0. The van der Waals surface area contributed by atoms with Crippen LogP contribution in [0.1, 0.15) is 38.2 Å². The van der Waals surface area contributed by atoms with Crippen LogP contribution in [0.25, 0.3) is 0 Å². The first-order chi connectivity index (χ1) is 20.9. The lowest BCUT2D eigenvalue weighted by molar-refractivity contribution is -0.386. The maximum Gasteiger partial charge on any atom is 0.187 e. The van der Waals surface area contributed by atoms with Gasteiger partial charge in [-0.25, -0.2) is 0 Å². The highest BCUT2D eigenvalue weighted by Gasteiger charge is 2.58. The van der Waals surface area contributed by atoms with Gasteiger partial charge in [0.05, 0.1) is 19.3 Å². The number of fused-ring (bicyclic) bond motifs is 2. The number of methoxy groups -OCH3 is 1. The molecule has 6 rings (SSSR count). The largest absolute Gasteiger partial charge is 0.368 e. The number of ether oxygens (including phenoxy) is 10. The fourth-order valence-corrected chi connectivity index (χ4v) is 6.16. The van der Waals surface area contributed by atoms with E-state index in [-0.39, 0.29) is 13.2 Å². The predicted octanol–water partition coefficient (Wildman–Crippen LogP) is 3.73. The van der Waals surface area contributed by atoms with E-state index in [4.69, 9.17) is 53.8 Å². The monoisotopic (exact) mass is 596 g/mol. The summed E-state index contributed by atoms with van der Waals surface area (Å²) < 4.78 is 62.9. The molecule has 0 bridgehead atoms. The molecule has 4 aliphatic rings. The third-order valence-electron chi connectivity index (χ3n) is 8.09. The van der Waals surface area contributed by atoms with Gasteiger partial charge in [0.2, 0.25) is 0 Å². The third kappa shape index (κ3) is 6.67. The summed E-state index contributed by atoms with van der Waals surface area (Å²) >= 11 is 0. The Labute approximate surface area is 252 Å². The molecule has 0 saturated carbocycles. The first-order valence-corrected chi connectivity index (χ1v) is 14.7. The van der Waals surface area contributed by atoms with Crippen molar-refractivity contribution in [1.82, 2.24) is 0 Å². The van der Waals surface area contributed by atoms with Gasteiger partial charge in [0.15, 0.2) is 24.7 Å². The Morgan fingerprint density at radius 2 is 1.56 bits per heavy atom. The van der Waals surface area contributed by atoms with Gasteiger partial charge in [0.1, 0.15) is 49.3 Å². The van der Waals surface area contributed by atoms with Crippen molar-refractivity contribution in [2.45, 2.75) is 101 Å². The minimum atomic E-state index is -0.904. The standard InChI is InChI=1S/C33H40O10/c1-6-17-35-28-26(36-18-21-13-9-7-10-14-21)25-23(19-37-30(41-25)22-15-11-8-12-16-22)39-32(28)40-24-20(2)38-31(34-5)29-27(24)42-33(3,4)43-29/h1,7-16,20,23-32H,17-19H2,2-5H3/t20-,23+,24-,25+,26-,27+,28-,29+,30+,31+,32-/m0/s1. The van der Waals surface area contributed by atoms with Crippen molar-refractivity contribution in [2.24, 2.45) is 0 Å². The highest BCUT2D eigenvalue weighted by Crippen LogP contribution is 2.42.